The molecule has 0 nitrogen and oxygen atoms in total. The summed E-state index contributed by atoms with van der Waals surface area (Å²) in [5.41, 5.74) is 14.7. The van der Waals surface area contributed by atoms with E-state index in [4.69, 9.17) is 0 Å². The fraction of sp³-hybridized carbons (Fsp3) is 0.234. The summed E-state index contributed by atoms with van der Waals surface area (Å²) < 4.78 is 1.16. The minimum atomic E-state index is -2.50. The molecule has 0 aromatic heterocycles. The molecule has 8 rings (SSSR count). The molecule has 2 unspecified atom stereocenters. The Morgan fingerprint density at radius 3 is 1.25 bits per heavy atom. The van der Waals surface area contributed by atoms with Crippen LogP contribution in [0.3, 0.4) is 0 Å². The van der Waals surface area contributed by atoms with Gasteiger partial charge in [0.05, 0.1) is 0 Å². The fourth-order valence-corrected chi connectivity index (χ4v) is 23.2. The van der Waals surface area contributed by atoms with Gasteiger partial charge >= 0.3 is 262 Å². The molecule has 51 heavy (non-hydrogen) atoms. The quantitative estimate of drug-likeness (QED) is 0.112. The van der Waals surface area contributed by atoms with Crippen LogP contribution in [-0.4, -0.2) is 8.11 Å². The third kappa shape index (κ3) is 7.26. The molecule has 0 heterocycles. The minimum absolute atomic E-state index is 0. The van der Waals surface area contributed by atoms with Crippen LogP contribution in [0.4, 0.5) is 0 Å². The van der Waals surface area contributed by atoms with Crippen LogP contribution in [0.15, 0.2) is 132 Å². The van der Waals surface area contributed by atoms with Crippen LogP contribution >= 0.6 is 24.8 Å². The predicted octanol–water partition coefficient (Wildman–Crippen LogP) is 13.9. The van der Waals surface area contributed by atoms with E-state index < -0.39 is 15.8 Å². The molecule has 262 valence electrons. The number of halogens is 2. The average Bonchev–Trinajstić information content (AvgIpc) is 3.66. The third-order valence-corrected chi connectivity index (χ3v) is 23.0. The second-order valence-electron chi connectivity index (χ2n) is 14.8. The first-order valence-electron chi connectivity index (χ1n) is 18.4. The Labute approximate surface area is 324 Å². The first-order valence-corrected chi connectivity index (χ1v) is 27.5. The maximum atomic E-state index is 2.75. The fourth-order valence-electron chi connectivity index (χ4n) is 9.14. The smallest absolute Gasteiger partial charge is 0.0536 e. The van der Waals surface area contributed by atoms with Gasteiger partial charge < -0.3 is 0 Å². The number of benzene rings is 6. The molecule has 6 aromatic rings. The molecule has 0 spiro atoms. The third-order valence-electron chi connectivity index (χ3n) is 11.2. The monoisotopic (exact) mass is 762 g/mol. The van der Waals surface area contributed by atoms with E-state index in [9.17, 15) is 0 Å². The van der Waals surface area contributed by atoms with Crippen LogP contribution in [0.25, 0.3) is 56.0 Å². The summed E-state index contributed by atoms with van der Waals surface area (Å²) >= 11 is -2.50. The van der Waals surface area contributed by atoms with Crippen molar-refractivity contribution in [2.45, 2.75) is 67.1 Å². The van der Waals surface area contributed by atoms with Gasteiger partial charge in [-0.1, -0.05) is 39.5 Å². The van der Waals surface area contributed by atoms with E-state index in [1.54, 1.807) is 22.3 Å². The summed E-state index contributed by atoms with van der Waals surface area (Å²) in [4.78, 5) is 0. The van der Waals surface area contributed by atoms with Crippen molar-refractivity contribution in [1.82, 2.24) is 0 Å². The molecule has 0 saturated heterocycles. The van der Waals surface area contributed by atoms with Gasteiger partial charge in [0.2, 0.25) is 0 Å². The number of allylic oxidation sites excluding steroid dienone is 2. The average molecular weight is 764 g/mol. The molecule has 0 saturated carbocycles. The summed E-state index contributed by atoms with van der Waals surface area (Å²) in [6, 6.07) is 45.4. The van der Waals surface area contributed by atoms with Gasteiger partial charge in [-0.25, -0.2) is 0 Å². The molecule has 0 N–H and O–H groups in total. The zero-order valence-electron chi connectivity index (χ0n) is 31.0. The first-order chi connectivity index (χ1) is 23.8. The maximum absolute atomic E-state index is 2.75. The van der Waals surface area contributed by atoms with Crippen molar-refractivity contribution in [1.29, 1.82) is 0 Å². The minimum Gasteiger partial charge on any atom is -0.147 e. The number of hydrogen-bond acceptors (Lipinski definition) is 0. The van der Waals surface area contributed by atoms with Crippen molar-refractivity contribution in [3.8, 4) is 22.3 Å². The van der Waals surface area contributed by atoms with Gasteiger partial charge in [0.15, 0.2) is 0 Å². The summed E-state index contributed by atoms with van der Waals surface area (Å²) in [5, 5.41) is 8.04. The second-order valence-corrected chi connectivity index (χ2v) is 31.2. The van der Waals surface area contributed by atoms with Crippen LogP contribution in [0.5, 0.6) is 0 Å². The Bertz CT molecular complexity index is 2060. The standard InChI is InChI=1S/2C20H15.C6H14.CH3.2ClH.H3Si.Ti/c2*1-14-12-16-8-5-11-19(20(16)13-14)18-10-4-7-15-6-2-3-9-17(15)18;1-3-5-6-4-2;;;;;/h2*2-13H,1H3;3-6H2,1-2H3;1H3;2*1H;1H3;. The predicted molar refractivity (Wildman–Crippen MR) is 232 cm³/mol. The zero-order chi connectivity index (χ0) is 34.1. The van der Waals surface area contributed by atoms with E-state index >= 15 is 0 Å². The summed E-state index contributed by atoms with van der Waals surface area (Å²) in [7, 11) is 1.26. The van der Waals surface area contributed by atoms with Crippen LogP contribution in [0.1, 0.15) is 84.1 Å². The molecule has 6 aromatic carbocycles. The van der Waals surface area contributed by atoms with Crippen molar-refractivity contribution in [2.75, 3.05) is 0 Å². The Kier molecular flexibility index (Phi) is 12.8. The van der Waals surface area contributed by atoms with Crippen molar-refractivity contribution in [3.63, 3.8) is 0 Å². The molecule has 0 amide bonds. The van der Waals surface area contributed by atoms with Crippen LogP contribution in [-0.2, 0) is 15.8 Å². The molecule has 0 fully saturated rings. The van der Waals surface area contributed by atoms with Gasteiger partial charge in [0.1, 0.15) is 0 Å². The number of hydrogen-bond donors (Lipinski definition) is 0. The van der Waals surface area contributed by atoms with Gasteiger partial charge in [0, 0.05) is 0 Å². The Hall–Kier alpha value is -3.17. The summed E-state index contributed by atoms with van der Waals surface area (Å²) in [6.45, 7) is 9.30. The number of rotatable bonds is 7. The molecule has 2 aliphatic carbocycles. The molecule has 4 heteroatoms. The molecular formula is C47H52Cl2SiTi. The van der Waals surface area contributed by atoms with Crippen LogP contribution in [0, 0.1) is 0 Å². The van der Waals surface area contributed by atoms with E-state index in [0.29, 0.717) is 8.45 Å². The summed E-state index contributed by atoms with van der Waals surface area (Å²) in [6.07, 6.45) is 10.6. The van der Waals surface area contributed by atoms with Gasteiger partial charge in [0.25, 0.3) is 0 Å². The van der Waals surface area contributed by atoms with Crippen molar-refractivity contribution in [3.05, 3.63) is 155 Å². The second kappa shape index (κ2) is 16.7. The molecular weight excluding hydrogens is 711 g/mol. The van der Waals surface area contributed by atoms with E-state index in [0.717, 1.165) is 0 Å². The van der Waals surface area contributed by atoms with Gasteiger partial charge in [-0.3, -0.25) is 0 Å². The molecule has 0 aliphatic heterocycles. The van der Waals surface area contributed by atoms with E-state index in [1.165, 1.54) is 88.7 Å². The van der Waals surface area contributed by atoms with Gasteiger partial charge in [-0.2, -0.15) is 0 Å². The number of unbranched alkanes of at least 4 members (excludes halogenated alkanes) is 3. The van der Waals surface area contributed by atoms with Crippen LogP contribution < -0.4 is 0 Å². The van der Waals surface area contributed by atoms with Gasteiger partial charge in [-0.05, 0) is 0 Å². The molecule has 0 bridgehead atoms. The normalized spacial score (nSPS) is 16.9. The van der Waals surface area contributed by atoms with E-state index in [2.05, 4.69) is 166 Å². The van der Waals surface area contributed by atoms with E-state index in [1.807, 2.05) is 0 Å². The molecule has 0 radical (unpaired) electrons. The largest absolute Gasteiger partial charge is 0.147 e. The Morgan fingerprint density at radius 2 is 0.843 bits per heavy atom. The zero-order valence-corrected chi connectivity index (χ0v) is 36.2. The van der Waals surface area contributed by atoms with Crippen molar-refractivity contribution in [2.24, 2.45) is 0 Å². The topological polar surface area (TPSA) is 0 Å². The Balaban J connectivity index is 0.000000583. The van der Waals surface area contributed by atoms with Crippen molar-refractivity contribution < 1.29 is 15.8 Å². The Morgan fingerprint density at radius 1 is 0.490 bits per heavy atom. The summed E-state index contributed by atoms with van der Waals surface area (Å²) in [5.74, 6) is 0. The first kappa shape index (κ1) is 39.0. The van der Waals surface area contributed by atoms with Gasteiger partial charge in [-0.15, -0.1) is 24.8 Å². The maximum Gasteiger partial charge on any atom is -0.0536 e. The molecule has 2 aliphatic rings. The van der Waals surface area contributed by atoms with E-state index in [-0.39, 0.29) is 24.8 Å². The molecule has 2 atom stereocenters. The van der Waals surface area contributed by atoms with Crippen molar-refractivity contribution >= 4 is 66.6 Å². The number of fused-ring (bicyclic) bond motifs is 4. The van der Waals surface area contributed by atoms with Crippen LogP contribution in [0.2, 0.25) is 5.23 Å². The SMILES string of the molecule is CC1=Cc2c(-c3cccc4ccccc34)cccc2[CH]1[Ti]([CH3])([SiH3])[CH]1C(C)=Cc2c(-c3cccc4ccccc34)cccc21.CCCCCC.Cl.Cl.